The van der Waals surface area contributed by atoms with E-state index >= 15 is 0 Å². The molecular weight excluding hydrogens is 112 g/mol. The van der Waals surface area contributed by atoms with Gasteiger partial charge in [-0.05, 0) is 5.37 Å². The molecule has 0 N–H and O–H groups in total. The Kier molecular flexibility index (Phi) is 3.50. The van der Waals surface area contributed by atoms with E-state index in [0.717, 1.165) is 0 Å². The lowest BCUT2D eigenvalue weighted by Gasteiger charge is -1.87. The van der Waals surface area contributed by atoms with Crippen molar-refractivity contribution in [3.63, 3.8) is 0 Å². The second-order valence-electron chi connectivity index (χ2n) is 0.947. The summed E-state index contributed by atoms with van der Waals surface area (Å²) in [5, 5.41) is 1.34. The highest BCUT2D eigenvalue weighted by Gasteiger charge is 1.91. The van der Waals surface area contributed by atoms with Crippen LogP contribution in [0, 0.1) is 0 Å². The number of esters is 1. The molecule has 0 radical (unpaired) electrons. The molecule has 0 atom stereocenters. The molecule has 0 spiro atoms. The average molecular weight is 118 g/mol. The quantitative estimate of drug-likeness (QED) is 0.391. The molecule has 0 heterocycles. The first-order chi connectivity index (χ1) is 3.31. The van der Waals surface area contributed by atoms with Crippen LogP contribution in [0.25, 0.3) is 0 Å². The summed E-state index contributed by atoms with van der Waals surface area (Å²) in [4.78, 5) is 10.1. The SMILES string of the molecule is COC(=O)CC=S. The second kappa shape index (κ2) is 3.74. The summed E-state index contributed by atoms with van der Waals surface area (Å²) >= 11 is 4.37. The highest BCUT2D eigenvalue weighted by molar-refractivity contribution is 7.79. The zero-order valence-electron chi connectivity index (χ0n) is 4.01. The number of ether oxygens (including phenoxy) is 1. The van der Waals surface area contributed by atoms with Gasteiger partial charge in [-0.15, -0.1) is 0 Å². The molecule has 2 nitrogen and oxygen atoms in total. The first-order valence-corrected chi connectivity index (χ1v) is 2.29. The van der Waals surface area contributed by atoms with Crippen LogP contribution in [-0.4, -0.2) is 18.4 Å². The van der Waals surface area contributed by atoms with E-state index in [1.807, 2.05) is 0 Å². The summed E-state index contributed by atoms with van der Waals surface area (Å²) < 4.78 is 4.25. The topological polar surface area (TPSA) is 26.3 Å². The molecule has 7 heavy (non-hydrogen) atoms. The highest BCUT2D eigenvalue weighted by atomic mass is 32.1. The van der Waals surface area contributed by atoms with E-state index in [4.69, 9.17) is 0 Å². The molecule has 0 saturated carbocycles. The number of methoxy groups -OCH3 is 1. The zero-order chi connectivity index (χ0) is 5.70. The molecule has 0 aromatic rings. The van der Waals surface area contributed by atoms with E-state index in [-0.39, 0.29) is 12.4 Å². The zero-order valence-corrected chi connectivity index (χ0v) is 4.83. The van der Waals surface area contributed by atoms with Crippen LogP contribution in [-0.2, 0) is 9.53 Å². The van der Waals surface area contributed by atoms with Crippen LogP contribution in [0.4, 0.5) is 0 Å². The maximum Gasteiger partial charge on any atom is 0.310 e. The molecule has 0 aliphatic heterocycles. The lowest BCUT2D eigenvalue weighted by molar-refractivity contribution is -0.139. The number of carbonyl (C=O) groups is 1. The van der Waals surface area contributed by atoms with Gasteiger partial charge in [-0.25, -0.2) is 0 Å². The van der Waals surface area contributed by atoms with Crippen molar-refractivity contribution in [2.24, 2.45) is 0 Å². The van der Waals surface area contributed by atoms with Gasteiger partial charge in [-0.3, -0.25) is 4.79 Å². The molecule has 3 heteroatoms. The van der Waals surface area contributed by atoms with Crippen LogP contribution in [0.3, 0.4) is 0 Å². The standard InChI is InChI=1S/C4H6O2S/c1-6-4(5)2-3-7/h3H,2H2,1H3. The minimum absolute atomic E-state index is 0.228. The largest absolute Gasteiger partial charge is 0.469 e. The molecule has 0 fully saturated rings. The third-order valence-corrected chi connectivity index (χ3v) is 0.644. The van der Waals surface area contributed by atoms with Gasteiger partial charge in [0.1, 0.15) is 0 Å². The van der Waals surface area contributed by atoms with Crippen LogP contribution in [0.2, 0.25) is 0 Å². The molecule has 40 valence electrons. The van der Waals surface area contributed by atoms with Crippen molar-refractivity contribution < 1.29 is 9.53 Å². The first-order valence-electron chi connectivity index (χ1n) is 1.81. The van der Waals surface area contributed by atoms with Crippen LogP contribution >= 0.6 is 12.2 Å². The lowest BCUT2D eigenvalue weighted by Crippen LogP contribution is -1.98. The smallest absolute Gasteiger partial charge is 0.310 e. The van der Waals surface area contributed by atoms with Crippen molar-refractivity contribution in [2.75, 3.05) is 7.11 Å². The monoisotopic (exact) mass is 118 g/mol. The Hall–Kier alpha value is -0.440. The van der Waals surface area contributed by atoms with Gasteiger partial charge >= 0.3 is 5.97 Å². The molecule has 0 aliphatic carbocycles. The van der Waals surface area contributed by atoms with Crippen LogP contribution in [0.15, 0.2) is 0 Å². The minimum atomic E-state index is -0.282. The van der Waals surface area contributed by atoms with Crippen LogP contribution in [0.1, 0.15) is 6.42 Å². The Labute approximate surface area is 47.5 Å². The molecule has 0 bridgehead atoms. The third-order valence-electron chi connectivity index (χ3n) is 0.478. The normalized spacial score (nSPS) is 7.57. The fourth-order valence-corrected chi connectivity index (χ4v) is 0.287. The summed E-state index contributed by atoms with van der Waals surface area (Å²) in [6.07, 6.45) is 0.228. The van der Waals surface area contributed by atoms with Crippen molar-refractivity contribution in [1.29, 1.82) is 0 Å². The Balaban J connectivity index is 3.17. The van der Waals surface area contributed by atoms with Crippen molar-refractivity contribution in [3.05, 3.63) is 0 Å². The molecule has 0 aliphatic rings. The maximum atomic E-state index is 10.1. The second-order valence-corrected chi connectivity index (χ2v) is 1.28. The number of hydrogen-bond donors (Lipinski definition) is 0. The molecule has 0 rings (SSSR count). The number of rotatable bonds is 2. The van der Waals surface area contributed by atoms with E-state index in [2.05, 4.69) is 17.0 Å². The van der Waals surface area contributed by atoms with Crippen molar-refractivity contribution in [2.45, 2.75) is 6.42 Å². The summed E-state index contributed by atoms with van der Waals surface area (Å²) in [5.41, 5.74) is 0. The van der Waals surface area contributed by atoms with Crippen molar-refractivity contribution in [1.82, 2.24) is 0 Å². The molecule has 0 aromatic carbocycles. The molecule has 0 aromatic heterocycles. The van der Waals surface area contributed by atoms with Gasteiger partial charge in [0, 0.05) is 0 Å². The Morgan fingerprint density at radius 3 is 2.71 bits per heavy atom. The first kappa shape index (κ1) is 6.56. The van der Waals surface area contributed by atoms with Crippen LogP contribution < -0.4 is 0 Å². The number of carbonyl (C=O) groups excluding carboxylic acids is 1. The fraction of sp³-hybridized carbons (Fsp3) is 0.500. The lowest BCUT2D eigenvalue weighted by atomic mass is 10.5. The van der Waals surface area contributed by atoms with Gasteiger partial charge in [0.05, 0.1) is 13.5 Å². The predicted octanol–water partition coefficient (Wildman–Crippen LogP) is 0.549. The van der Waals surface area contributed by atoms with E-state index in [1.165, 1.54) is 12.5 Å². The predicted molar refractivity (Wildman–Crippen MR) is 30.3 cm³/mol. The van der Waals surface area contributed by atoms with Crippen molar-refractivity contribution in [3.8, 4) is 0 Å². The molecule has 0 amide bonds. The Bertz CT molecular complexity index is 79.8. The summed E-state index contributed by atoms with van der Waals surface area (Å²) in [7, 11) is 1.33. The Morgan fingerprint density at radius 2 is 2.57 bits per heavy atom. The Morgan fingerprint density at radius 1 is 2.00 bits per heavy atom. The molecular formula is C4H6O2S. The van der Waals surface area contributed by atoms with E-state index in [9.17, 15) is 4.79 Å². The van der Waals surface area contributed by atoms with Gasteiger partial charge < -0.3 is 4.74 Å². The van der Waals surface area contributed by atoms with Crippen molar-refractivity contribution >= 4 is 23.6 Å². The van der Waals surface area contributed by atoms with E-state index < -0.39 is 0 Å². The molecule has 0 unspecified atom stereocenters. The van der Waals surface area contributed by atoms with Gasteiger partial charge in [0.2, 0.25) is 0 Å². The van der Waals surface area contributed by atoms with E-state index in [1.54, 1.807) is 0 Å². The van der Waals surface area contributed by atoms with Gasteiger partial charge in [0.15, 0.2) is 0 Å². The number of thiocarbonyl (C=S) groups is 1. The summed E-state index contributed by atoms with van der Waals surface area (Å²) in [5.74, 6) is -0.282. The summed E-state index contributed by atoms with van der Waals surface area (Å²) in [6.45, 7) is 0. The number of hydrogen-bond acceptors (Lipinski definition) is 3. The van der Waals surface area contributed by atoms with Gasteiger partial charge in [0.25, 0.3) is 0 Å². The van der Waals surface area contributed by atoms with Gasteiger partial charge in [-0.2, -0.15) is 0 Å². The summed E-state index contributed by atoms with van der Waals surface area (Å²) in [6, 6.07) is 0. The average Bonchev–Trinajstić information content (AvgIpc) is 1.68. The van der Waals surface area contributed by atoms with Crippen LogP contribution in [0.5, 0.6) is 0 Å². The molecule has 0 saturated heterocycles. The fourth-order valence-electron chi connectivity index (χ4n) is 0.151. The maximum absolute atomic E-state index is 10.1. The third kappa shape index (κ3) is 3.39. The minimum Gasteiger partial charge on any atom is -0.469 e. The van der Waals surface area contributed by atoms with Gasteiger partial charge in [-0.1, -0.05) is 12.2 Å². The van der Waals surface area contributed by atoms with E-state index in [0.29, 0.717) is 0 Å². The highest BCUT2D eigenvalue weighted by Crippen LogP contribution is 1.76.